The van der Waals surface area contributed by atoms with Gasteiger partial charge in [0.15, 0.2) is 0 Å². The fourth-order valence-corrected chi connectivity index (χ4v) is 6.04. The molecular weight excluding hydrogens is 484 g/mol. The van der Waals surface area contributed by atoms with Gasteiger partial charge in [0.05, 0.1) is 11.4 Å². The minimum Gasteiger partial charge on any atom is -0.286 e. The van der Waals surface area contributed by atoms with Crippen molar-refractivity contribution in [3.63, 3.8) is 0 Å². The number of hydrogen-bond acceptors (Lipinski definition) is 2. The molecule has 1 aliphatic carbocycles. The second-order valence-electron chi connectivity index (χ2n) is 11.6. The highest BCUT2D eigenvalue weighted by molar-refractivity contribution is 6.63. The molecule has 0 saturated carbocycles. The Balaban J connectivity index is 1.94. The highest BCUT2D eigenvalue weighted by Crippen LogP contribution is 2.34. The number of aryl methyl sites for hydroxylation is 3. The summed E-state index contributed by atoms with van der Waals surface area (Å²) >= 11 is 0. The van der Waals surface area contributed by atoms with E-state index in [-0.39, 0.29) is 0 Å². The maximum absolute atomic E-state index is 4.68. The van der Waals surface area contributed by atoms with Gasteiger partial charge in [0.2, 0.25) is 0 Å². The molecule has 0 amide bonds. The molecule has 0 N–H and O–H groups in total. The molecule has 2 heteroatoms. The van der Waals surface area contributed by atoms with Gasteiger partial charge in [-0.3, -0.25) is 9.98 Å². The first-order chi connectivity index (χ1) is 19.5. The molecule has 0 radical (unpaired) electrons. The van der Waals surface area contributed by atoms with Crippen molar-refractivity contribution in [3.05, 3.63) is 76.4 Å². The Kier molecular flexibility index (Phi) is 13.6. The van der Waals surface area contributed by atoms with Gasteiger partial charge >= 0.3 is 0 Å². The predicted molar refractivity (Wildman–Crippen MR) is 179 cm³/mol. The molecule has 2 aromatic carbocycles. The molecule has 216 valence electrons. The average Bonchev–Trinajstić information content (AvgIpc) is 2.96. The predicted octanol–water partition coefficient (Wildman–Crippen LogP) is 11.0. The number of aliphatic imine (C=N–C) groups is 2. The summed E-state index contributed by atoms with van der Waals surface area (Å²) in [5.41, 5.74) is 12.8. The first-order valence-corrected chi connectivity index (χ1v) is 16.1. The van der Waals surface area contributed by atoms with E-state index in [1.165, 1.54) is 128 Å². The molecule has 0 heterocycles. The van der Waals surface area contributed by atoms with Crippen LogP contribution in [-0.2, 0) is 12.8 Å². The summed E-state index contributed by atoms with van der Waals surface area (Å²) in [6.45, 7) is 8.94. The first kappa shape index (κ1) is 31.8. The van der Waals surface area contributed by atoms with E-state index in [4.69, 9.17) is 0 Å². The molecule has 0 bridgehead atoms. The van der Waals surface area contributed by atoms with Crippen LogP contribution in [0.5, 0.6) is 0 Å². The normalized spacial score (nSPS) is 15.6. The summed E-state index contributed by atoms with van der Waals surface area (Å²) in [7, 11) is 3.76. The van der Waals surface area contributed by atoms with Crippen LogP contribution in [-0.4, -0.2) is 25.5 Å². The minimum atomic E-state index is 1.000. The summed E-state index contributed by atoms with van der Waals surface area (Å²) in [5, 5.41) is 0. The number of benzene rings is 2. The van der Waals surface area contributed by atoms with E-state index >= 15 is 0 Å². The number of rotatable bonds is 16. The van der Waals surface area contributed by atoms with E-state index < -0.39 is 0 Å². The van der Waals surface area contributed by atoms with Gasteiger partial charge in [0.1, 0.15) is 0 Å². The largest absolute Gasteiger partial charge is 0.286 e. The highest BCUT2D eigenvalue weighted by atomic mass is 14.8. The monoisotopic (exact) mass is 538 g/mol. The summed E-state index contributed by atoms with van der Waals surface area (Å²) in [5.74, 6) is 0. The summed E-state index contributed by atoms with van der Waals surface area (Å²) in [6.07, 6.45) is 22.6. The van der Waals surface area contributed by atoms with Gasteiger partial charge in [0, 0.05) is 19.7 Å². The third-order valence-electron chi connectivity index (χ3n) is 8.37. The van der Waals surface area contributed by atoms with Gasteiger partial charge in [-0.1, -0.05) is 132 Å². The van der Waals surface area contributed by atoms with Crippen LogP contribution in [0.3, 0.4) is 0 Å². The SMILES string of the molecule is CCCCCCCCc1cc(C)ccc1-c1ccc(C2=CC=C(C)C(=N/C)/C2=N\C)cc1CCCCCCCC. The Morgan fingerprint density at radius 1 is 0.550 bits per heavy atom. The highest BCUT2D eigenvalue weighted by Gasteiger charge is 2.21. The molecule has 0 atom stereocenters. The molecule has 0 aromatic heterocycles. The number of hydrogen-bond donors (Lipinski definition) is 0. The maximum Gasteiger partial charge on any atom is 0.0903 e. The third-order valence-corrected chi connectivity index (χ3v) is 8.37. The zero-order chi connectivity index (χ0) is 28.7. The lowest BCUT2D eigenvalue weighted by atomic mass is 9.85. The third kappa shape index (κ3) is 8.88. The van der Waals surface area contributed by atoms with Crippen molar-refractivity contribution >= 4 is 17.0 Å². The van der Waals surface area contributed by atoms with Crippen molar-refractivity contribution in [2.75, 3.05) is 14.1 Å². The Morgan fingerprint density at radius 2 is 1.07 bits per heavy atom. The second-order valence-corrected chi connectivity index (χ2v) is 11.6. The summed E-state index contributed by atoms with van der Waals surface area (Å²) in [6, 6.07) is 14.3. The van der Waals surface area contributed by atoms with Crippen molar-refractivity contribution < 1.29 is 0 Å². The fourth-order valence-electron chi connectivity index (χ4n) is 6.04. The van der Waals surface area contributed by atoms with Crippen LogP contribution in [0, 0.1) is 6.92 Å². The van der Waals surface area contributed by atoms with E-state index in [2.05, 4.69) is 86.2 Å². The molecule has 40 heavy (non-hydrogen) atoms. The van der Waals surface area contributed by atoms with E-state index in [1.807, 2.05) is 14.1 Å². The molecule has 2 nitrogen and oxygen atoms in total. The lowest BCUT2D eigenvalue weighted by Gasteiger charge is -2.20. The van der Waals surface area contributed by atoms with Crippen LogP contribution in [0.25, 0.3) is 16.7 Å². The number of allylic oxidation sites excluding steroid dienone is 4. The molecule has 0 unspecified atom stereocenters. The Hall–Kier alpha value is -2.74. The van der Waals surface area contributed by atoms with Crippen molar-refractivity contribution in [3.8, 4) is 11.1 Å². The molecule has 0 aliphatic heterocycles. The quantitative estimate of drug-likeness (QED) is 0.150. The fraction of sp³-hybridized carbons (Fsp3) is 0.526. The van der Waals surface area contributed by atoms with Gasteiger partial charge in [-0.15, -0.1) is 0 Å². The molecule has 3 rings (SSSR count). The van der Waals surface area contributed by atoms with Crippen LogP contribution in [0.4, 0.5) is 0 Å². The van der Waals surface area contributed by atoms with Gasteiger partial charge in [0.25, 0.3) is 0 Å². The standard InChI is InChI=1S/C38H54N2/c1-7-9-11-13-15-17-19-31-27-29(3)21-24-34(31)35-26-23-33(28-32(35)20-18-16-14-12-10-8-2)36-25-22-30(4)37(39-5)38(36)40-6/h21-28H,7-20H2,1-6H3/b39-37-,40-38-. The Labute approximate surface area is 245 Å². The van der Waals surface area contributed by atoms with E-state index in [0.717, 1.165) is 17.8 Å². The van der Waals surface area contributed by atoms with Gasteiger partial charge in [-0.25, -0.2) is 0 Å². The van der Waals surface area contributed by atoms with Crippen LogP contribution in [0.2, 0.25) is 0 Å². The molecule has 0 spiro atoms. The summed E-state index contributed by atoms with van der Waals surface area (Å²) < 4.78 is 0. The first-order valence-electron chi connectivity index (χ1n) is 16.1. The van der Waals surface area contributed by atoms with Crippen LogP contribution in [0.1, 0.15) is 120 Å². The minimum absolute atomic E-state index is 1.000. The van der Waals surface area contributed by atoms with Gasteiger partial charge < -0.3 is 0 Å². The number of unbranched alkanes of at least 4 members (excludes halogenated alkanes) is 10. The van der Waals surface area contributed by atoms with E-state index in [9.17, 15) is 0 Å². The zero-order valence-electron chi connectivity index (χ0n) is 26.4. The van der Waals surface area contributed by atoms with Crippen molar-refractivity contribution in [2.24, 2.45) is 9.98 Å². The lowest BCUT2D eigenvalue weighted by molar-refractivity contribution is 0.607. The molecular formula is C38H54N2. The van der Waals surface area contributed by atoms with Crippen LogP contribution in [0.15, 0.2) is 64.1 Å². The topological polar surface area (TPSA) is 24.7 Å². The summed E-state index contributed by atoms with van der Waals surface area (Å²) in [4.78, 5) is 9.26. The average molecular weight is 539 g/mol. The van der Waals surface area contributed by atoms with Crippen LogP contribution < -0.4 is 0 Å². The molecule has 0 fully saturated rings. The van der Waals surface area contributed by atoms with Gasteiger partial charge in [-0.2, -0.15) is 0 Å². The lowest BCUT2D eigenvalue weighted by Crippen LogP contribution is -2.20. The molecule has 2 aromatic rings. The molecule has 1 aliphatic rings. The maximum atomic E-state index is 4.68. The van der Waals surface area contributed by atoms with Crippen molar-refractivity contribution in [1.82, 2.24) is 0 Å². The Bertz CT molecular complexity index is 1210. The smallest absolute Gasteiger partial charge is 0.0903 e. The van der Waals surface area contributed by atoms with Crippen molar-refractivity contribution in [2.45, 2.75) is 118 Å². The van der Waals surface area contributed by atoms with E-state index in [0.29, 0.717) is 0 Å². The Morgan fingerprint density at radius 3 is 1.65 bits per heavy atom. The number of nitrogens with zero attached hydrogens (tertiary/aromatic N) is 2. The molecule has 0 saturated heterocycles. The van der Waals surface area contributed by atoms with Gasteiger partial charge in [-0.05, 0) is 72.9 Å². The van der Waals surface area contributed by atoms with Crippen molar-refractivity contribution in [1.29, 1.82) is 0 Å². The van der Waals surface area contributed by atoms with Crippen LogP contribution >= 0.6 is 0 Å². The zero-order valence-corrected chi connectivity index (χ0v) is 26.4. The van der Waals surface area contributed by atoms with E-state index in [1.54, 1.807) is 0 Å². The second kappa shape index (κ2) is 17.2.